The lowest BCUT2D eigenvalue weighted by Crippen LogP contribution is -1.96. The fourth-order valence-electron chi connectivity index (χ4n) is 7.91. The van der Waals surface area contributed by atoms with Gasteiger partial charge in [0, 0.05) is 43.7 Å². The third-order valence-corrected chi connectivity index (χ3v) is 11.5. The van der Waals surface area contributed by atoms with Crippen LogP contribution in [0.1, 0.15) is 11.1 Å². The van der Waals surface area contributed by atoms with E-state index >= 15 is 0 Å². The first-order valence-electron chi connectivity index (χ1n) is 17.7. The van der Waals surface area contributed by atoms with E-state index in [0.717, 1.165) is 77.4 Å². The van der Waals surface area contributed by atoms with Crippen molar-refractivity contribution in [2.24, 2.45) is 0 Å². The van der Waals surface area contributed by atoms with Crippen LogP contribution in [0.3, 0.4) is 0 Å². The normalized spacial score (nSPS) is 13.0. The van der Waals surface area contributed by atoms with Gasteiger partial charge in [-0.25, -0.2) is 4.98 Å². The number of hydrogen-bond acceptors (Lipinski definition) is 4. The second kappa shape index (κ2) is 11.9. The average molecular weight is 696 g/mol. The lowest BCUT2D eigenvalue weighted by molar-refractivity contribution is 0.669. The first-order valence-corrected chi connectivity index (χ1v) is 18.5. The minimum absolute atomic E-state index is 0.873. The van der Waals surface area contributed by atoms with Gasteiger partial charge in [-0.05, 0) is 105 Å². The molecule has 1 aliphatic heterocycles. The summed E-state index contributed by atoms with van der Waals surface area (Å²) in [6, 6.07) is 52.1. The molecule has 0 N–H and O–H groups in total. The van der Waals surface area contributed by atoms with Gasteiger partial charge in [-0.2, -0.15) is 0 Å². The summed E-state index contributed by atoms with van der Waals surface area (Å²) in [6.07, 6.45) is 10.2. The third-order valence-electron chi connectivity index (χ3n) is 10.4. The maximum absolute atomic E-state index is 6.51. The van der Waals surface area contributed by atoms with Crippen LogP contribution in [0.4, 0.5) is 0 Å². The zero-order valence-corrected chi connectivity index (χ0v) is 29.2. The molecule has 4 aromatic heterocycles. The maximum atomic E-state index is 6.51. The second-order valence-electron chi connectivity index (χ2n) is 13.4. The van der Waals surface area contributed by atoms with Gasteiger partial charge in [0.05, 0.1) is 17.2 Å². The molecule has 5 heteroatoms. The summed E-state index contributed by atoms with van der Waals surface area (Å²) in [4.78, 5) is 11.6. The smallest absolute Gasteiger partial charge is 0.137 e. The van der Waals surface area contributed by atoms with Crippen molar-refractivity contribution in [3.8, 4) is 39.2 Å². The van der Waals surface area contributed by atoms with Crippen LogP contribution in [0.25, 0.3) is 95.1 Å². The summed E-state index contributed by atoms with van der Waals surface area (Å²) in [5.41, 5.74) is 13.3. The molecular weight excluding hydrogens is 667 g/mol. The van der Waals surface area contributed by atoms with Gasteiger partial charge in [0.15, 0.2) is 0 Å². The summed E-state index contributed by atoms with van der Waals surface area (Å²) >= 11 is 1.82. The molecule has 53 heavy (non-hydrogen) atoms. The van der Waals surface area contributed by atoms with Crippen LogP contribution in [0, 0.1) is 0 Å². The van der Waals surface area contributed by atoms with E-state index in [2.05, 4.69) is 143 Å². The number of rotatable bonds is 2. The monoisotopic (exact) mass is 695 g/mol. The highest BCUT2D eigenvalue weighted by Crippen LogP contribution is 2.47. The van der Waals surface area contributed by atoms with Crippen molar-refractivity contribution < 1.29 is 4.42 Å². The molecule has 0 amide bonds. The Kier molecular flexibility index (Phi) is 6.76. The zero-order chi connectivity index (χ0) is 34.9. The van der Waals surface area contributed by atoms with Gasteiger partial charge < -0.3 is 4.42 Å². The molecular formula is C48H29N3OS. The van der Waals surface area contributed by atoms with Gasteiger partial charge in [0.25, 0.3) is 0 Å². The molecule has 4 nitrogen and oxygen atoms in total. The van der Waals surface area contributed by atoms with Crippen molar-refractivity contribution in [2.75, 3.05) is 0 Å². The molecule has 0 spiro atoms. The Labute approximate surface area is 309 Å². The molecule has 6 aromatic carbocycles. The van der Waals surface area contributed by atoms with Crippen molar-refractivity contribution >= 4 is 67.7 Å². The van der Waals surface area contributed by atoms with Crippen LogP contribution < -0.4 is 0 Å². The van der Waals surface area contributed by atoms with E-state index in [0.29, 0.717) is 0 Å². The minimum Gasteiger partial charge on any atom is -0.456 e. The van der Waals surface area contributed by atoms with E-state index < -0.39 is 0 Å². The molecule has 0 radical (unpaired) electrons. The standard InChI is InChI=1S/C48H29N3OS/c1-2-10-34-30(9-1)16-17-31-18-19-32(33-20-21-42-39(26-33)35-22-24-49-29-43(35)51(42)48-15-7-8-23-50-48)25-38(31)41-27-45-40(36-11-3-5-13-44(36)52-45)28-47(41)53-46-14-6-4-12-37(34)46/h1-29H/b17-16-. The highest BCUT2D eigenvalue weighted by Gasteiger charge is 2.20. The number of furan rings is 1. The van der Waals surface area contributed by atoms with Crippen molar-refractivity contribution in [1.82, 2.24) is 14.5 Å². The third kappa shape index (κ3) is 4.85. The SMILES string of the molecule is C1=C\c2ccc(-c3ccc4c(c3)c3ccncc3n4-c3ccccn3)cc2-c2cc3oc4ccccc4c3cc2Sc2ccccc2-c2ccccc2/1. The quantitative estimate of drug-likeness (QED) is 0.181. The predicted octanol–water partition coefficient (Wildman–Crippen LogP) is 13.1. The van der Waals surface area contributed by atoms with E-state index in [4.69, 9.17) is 9.40 Å². The topological polar surface area (TPSA) is 43.9 Å². The van der Waals surface area contributed by atoms with Gasteiger partial charge in [-0.1, -0.05) is 109 Å². The van der Waals surface area contributed by atoms with E-state index in [1.165, 1.54) is 26.5 Å². The highest BCUT2D eigenvalue weighted by atomic mass is 32.2. The maximum Gasteiger partial charge on any atom is 0.137 e. The Hall–Kier alpha value is -6.69. The molecule has 0 saturated carbocycles. The molecule has 0 bridgehead atoms. The van der Waals surface area contributed by atoms with Crippen LogP contribution in [-0.2, 0) is 0 Å². The van der Waals surface area contributed by atoms with E-state index in [-0.39, 0.29) is 0 Å². The van der Waals surface area contributed by atoms with Crippen LogP contribution in [0.2, 0.25) is 0 Å². The van der Waals surface area contributed by atoms with Crippen LogP contribution in [0.15, 0.2) is 178 Å². The fraction of sp³-hybridized carbons (Fsp3) is 0. The van der Waals surface area contributed by atoms with Gasteiger partial charge in [0.1, 0.15) is 17.0 Å². The number of nitrogens with zero attached hydrogens (tertiary/aromatic N) is 3. The lowest BCUT2D eigenvalue weighted by Gasteiger charge is -2.16. The zero-order valence-electron chi connectivity index (χ0n) is 28.4. The second-order valence-corrected chi connectivity index (χ2v) is 14.5. The summed E-state index contributed by atoms with van der Waals surface area (Å²) in [5, 5.41) is 4.56. The van der Waals surface area contributed by atoms with Gasteiger partial charge in [-0.15, -0.1) is 0 Å². The van der Waals surface area contributed by atoms with Crippen molar-refractivity contribution in [3.05, 3.63) is 175 Å². The Morgan fingerprint density at radius 1 is 0.472 bits per heavy atom. The average Bonchev–Trinajstić information content (AvgIpc) is 3.74. The molecule has 0 atom stereocenters. The Morgan fingerprint density at radius 2 is 1.26 bits per heavy atom. The molecule has 10 aromatic rings. The number of hydrogen-bond donors (Lipinski definition) is 0. The number of fused-ring (bicyclic) bond motifs is 12. The summed E-state index contributed by atoms with van der Waals surface area (Å²) in [6.45, 7) is 0. The highest BCUT2D eigenvalue weighted by molar-refractivity contribution is 7.99. The number of aromatic nitrogens is 3. The van der Waals surface area contributed by atoms with Crippen LogP contribution in [0.5, 0.6) is 0 Å². The minimum atomic E-state index is 0.873. The molecule has 11 rings (SSSR count). The van der Waals surface area contributed by atoms with Crippen LogP contribution >= 0.6 is 11.8 Å². The molecule has 5 heterocycles. The molecule has 1 aliphatic rings. The van der Waals surface area contributed by atoms with Crippen molar-refractivity contribution in [1.29, 1.82) is 0 Å². The molecule has 0 saturated heterocycles. The number of para-hydroxylation sites is 1. The van der Waals surface area contributed by atoms with Crippen LogP contribution in [-0.4, -0.2) is 14.5 Å². The summed E-state index contributed by atoms with van der Waals surface area (Å²) in [5.74, 6) is 0.873. The Bertz CT molecular complexity index is 3100. The van der Waals surface area contributed by atoms with Gasteiger partial charge in [0.2, 0.25) is 0 Å². The lowest BCUT2D eigenvalue weighted by atomic mass is 9.92. The number of pyridine rings is 2. The molecule has 0 unspecified atom stereocenters. The van der Waals surface area contributed by atoms with E-state index in [9.17, 15) is 0 Å². The van der Waals surface area contributed by atoms with E-state index in [1.54, 1.807) is 0 Å². The summed E-state index contributed by atoms with van der Waals surface area (Å²) in [7, 11) is 0. The van der Waals surface area contributed by atoms with E-state index in [1.807, 2.05) is 54.6 Å². The molecule has 0 aliphatic carbocycles. The van der Waals surface area contributed by atoms with Gasteiger partial charge >= 0.3 is 0 Å². The summed E-state index contributed by atoms with van der Waals surface area (Å²) < 4.78 is 8.71. The molecule has 248 valence electrons. The largest absolute Gasteiger partial charge is 0.456 e. The Morgan fingerprint density at radius 3 is 2.19 bits per heavy atom. The Balaban J connectivity index is 1.16. The first kappa shape index (κ1) is 30.0. The first-order chi connectivity index (χ1) is 26.3. The van der Waals surface area contributed by atoms with Crippen molar-refractivity contribution in [2.45, 2.75) is 9.79 Å². The molecule has 0 fully saturated rings. The van der Waals surface area contributed by atoms with Crippen molar-refractivity contribution in [3.63, 3.8) is 0 Å². The predicted molar refractivity (Wildman–Crippen MR) is 219 cm³/mol. The number of benzene rings is 6. The van der Waals surface area contributed by atoms with Gasteiger partial charge in [-0.3, -0.25) is 9.55 Å². The fourth-order valence-corrected chi connectivity index (χ4v) is 9.03.